The summed E-state index contributed by atoms with van der Waals surface area (Å²) in [5, 5.41) is 5.73. The number of carbonyl (C=O) groups is 1. The molecule has 104 valence electrons. The van der Waals surface area contributed by atoms with Crippen molar-refractivity contribution in [1.29, 1.82) is 0 Å². The third-order valence-electron chi connectivity index (χ3n) is 3.29. The maximum atomic E-state index is 13.6. The van der Waals surface area contributed by atoms with Crippen LogP contribution in [0, 0.1) is 11.6 Å². The zero-order valence-corrected chi connectivity index (χ0v) is 10.7. The van der Waals surface area contributed by atoms with Gasteiger partial charge in [0.25, 0.3) is 0 Å². The van der Waals surface area contributed by atoms with E-state index in [1.165, 1.54) is 12.1 Å². The highest BCUT2D eigenvalue weighted by Gasteiger charge is 2.28. The number of likely N-dealkylation sites (N-methyl/N-ethyl adjacent to an activating group) is 1. The minimum Gasteiger partial charge on any atom is -0.358 e. The first-order chi connectivity index (χ1) is 9.11. The molecule has 1 aliphatic rings. The maximum absolute atomic E-state index is 13.6. The minimum absolute atomic E-state index is 0.102. The van der Waals surface area contributed by atoms with Gasteiger partial charge in [-0.15, -0.1) is 0 Å². The van der Waals surface area contributed by atoms with E-state index < -0.39 is 11.6 Å². The molecule has 1 aliphatic heterocycles. The van der Waals surface area contributed by atoms with Crippen molar-refractivity contribution in [3.05, 3.63) is 35.4 Å². The summed E-state index contributed by atoms with van der Waals surface area (Å²) in [5.74, 6) is -1.27. The monoisotopic (exact) mass is 269 g/mol. The Kier molecular flexibility index (Phi) is 4.44. The van der Waals surface area contributed by atoms with Crippen LogP contribution in [-0.2, 0) is 11.3 Å². The first-order valence-electron chi connectivity index (χ1n) is 6.22. The largest absolute Gasteiger partial charge is 0.358 e. The Morgan fingerprint density at radius 3 is 3.00 bits per heavy atom. The van der Waals surface area contributed by atoms with Crippen molar-refractivity contribution in [3.63, 3.8) is 0 Å². The molecule has 2 rings (SSSR count). The molecular weight excluding hydrogens is 252 g/mol. The molecule has 1 aromatic carbocycles. The van der Waals surface area contributed by atoms with E-state index in [0.717, 1.165) is 12.6 Å². The molecule has 1 saturated heterocycles. The van der Waals surface area contributed by atoms with Crippen LogP contribution in [0.2, 0.25) is 0 Å². The van der Waals surface area contributed by atoms with Gasteiger partial charge in [0.1, 0.15) is 17.7 Å². The van der Waals surface area contributed by atoms with Crippen LogP contribution in [0.25, 0.3) is 0 Å². The van der Waals surface area contributed by atoms with Gasteiger partial charge in [-0.25, -0.2) is 8.78 Å². The van der Waals surface area contributed by atoms with Crippen LogP contribution in [0.3, 0.4) is 0 Å². The van der Waals surface area contributed by atoms with Crippen molar-refractivity contribution in [2.24, 2.45) is 0 Å². The van der Waals surface area contributed by atoms with Gasteiger partial charge >= 0.3 is 0 Å². The number of carbonyl (C=O) groups excluding carboxylic acids is 1. The number of halogens is 2. The fourth-order valence-electron chi connectivity index (χ4n) is 2.23. The summed E-state index contributed by atoms with van der Waals surface area (Å²) in [6, 6.07) is 3.19. The Morgan fingerprint density at radius 2 is 2.32 bits per heavy atom. The molecular formula is C13H17F2N3O. The molecule has 0 radical (unpaired) electrons. The third-order valence-corrected chi connectivity index (χ3v) is 3.29. The number of rotatable bonds is 3. The standard InChI is InChI=1S/C13H17F2N3O/c1-16-13(19)12-7-17-4-5-18(12)8-9-2-3-10(14)6-11(9)15/h2-3,6,12,17H,4-5,7-8H2,1H3,(H,16,19). The first kappa shape index (κ1) is 13.9. The van der Waals surface area contributed by atoms with Gasteiger partial charge in [0.15, 0.2) is 0 Å². The van der Waals surface area contributed by atoms with E-state index in [-0.39, 0.29) is 11.9 Å². The normalized spacial score (nSPS) is 20.3. The molecule has 0 saturated carbocycles. The van der Waals surface area contributed by atoms with E-state index >= 15 is 0 Å². The number of hydrogen-bond donors (Lipinski definition) is 2. The fourth-order valence-corrected chi connectivity index (χ4v) is 2.23. The number of nitrogens with zero attached hydrogens (tertiary/aromatic N) is 1. The van der Waals surface area contributed by atoms with Crippen LogP contribution in [0.15, 0.2) is 18.2 Å². The van der Waals surface area contributed by atoms with Crippen LogP contribution >= 0.6 is 0 Å². The van der Waals surface area contributed by atoms with Crippen LogP contribution in [0.5, 0.6) is 0 Å². The predicted octanol–water partition coefficient (Wildman–Crippen LogP) is 0.485. The molecule has 0 spiro atoms. The highest BCUT2D eigenvalue weighted by atomic mass is 19.1. The lowest BCUT2D eigenvalue weighted by Gasteiger charge is -2.34. The first-order valence-corrected chi connectivity index (χ1v) is 6.22. The van der Waals surface area contributed by atoms with E-state index in [0.29, 0.717) is 25.2 Å². The van der Waals surface area contributed by atoms with Gasteiger partial charge in [0.05, 0.1) is 0 Å². The molecule has 2 N–H and O–H groups in total. The molecule has 6 heteroatoms. The lowest BCUT2D eigenvalue weighted by Crippen LogP contribution is -2.56. The predicted molar refractivity (Wildman–Crippen MR) is 67.5 cm³/mol. The van der Waals surface area contributed by atoms with Crippen LogP contribution < -0.4 is 10.6 Å². The molecule has 4 nitrogen and oxygen atoms in total. The van der Waals surface area contributed by atoms with Gasteiger partial charge in [-0.2, -0.15) is 0 Å². The highest BCUT2D eigenvalue weighted by molar-refractivity contribution is 5.81. The smallest absolute Gasteiger partial charge is 0.238 e. The summed E-state index contributed by atoms with van der Waals surface area (Å²) >= 11 is 0. The van der Waals surface area contributed by atoms with Crippen molar-refractivity contribution >= 4 is 5.91 Å². The van der Waals surface area contributed by atoms with Gasteiger partial charge in [-0.1, -0.05) is 6.07 Å². The number of benzene rings is 1. The highest BCUT2D eigenvalue weighted by Crippen LogP contribution is 2.15. The zero-order chi connectivity index (χ0) is 13.8. The SMILES string of the molecule is CNC(=O)C1CNCCN1Cc1ccc(F)cc1F. The van der Waals surface area contributed by atoms with Crippen molar-refractivity contribution in [1.82, 2.24) is 15.5 Å². The second kappa shape index (κ2) is 6.08. The van der Waals surface area contributed by atoms with Crippen LogP contribution in [0.1, 0.15) is 5.56 Å². The lowest BCUT2D eigenvalue weighted by molar-refractivity contribution is -0.126. The van der Waals surface area contributed by atoms with Gasteiger partial charge in [-0.3, -0.25) is 9.69 Å². The topological polar surface area (TPSA) is 44.4 Å². The molecule has 1 fully saturated rings. The summed E-state index contributed by atoms with van der Waals surface area (Å²) in [5.41, 5.74) is 0.400. The summed E-state index contributed by atoms with van der Waals surface area (Å²) in [6.07, 6.45) is 0. The molecule has 1 amide bonds. The number of piperazine rings is 1. The number of amides is 1. The molecule has 19 heavy (non-hydrogen) atoms. The van der Waals surface area contributed by atoms with Gasteiger partial charge in [0, 0.05) is 44.9 Å². The van der Waals surface area contributed by atoms with E-state index in [9.17, 15) is 13.6 Å². The zero-order valence-electron chi connectivity index (χ0n) is 10.7. The maximum Gasteiger partial charge on any atom is 0.238 e. The molecule has 1 heterocycles. The summed E-state index contributed by atoms with van der Waals surface area (Å²) in [4.78, 5) is 13.7. The number of hydrogen-bond acceptors (Lipinski definition) is 3. The fraction of sp³-hybridized carbons (Fsp3) is 0.462. The Balaban J connectivity index is 2.13. The quantitative estimate of drug-likeness (QED) is 0.839. The summed E-state index contributed by atoms with van der Waals surface area (Å²) < 4.78 is 26.5. The molecule has 0 bridgehead atoms. The third kappa shape index (κ3) is 3.27. The van der Waals surface area contributed by atoms with Crippen LogP contribution in [-0.4, -0.2) is 43.5 Å². The van der Waals surface area contributed by atoms with E-state index in [4.69, 9.17) is 0 Å². The summed E-state index contributed by atoms with van der Waals surface area (Å²) in [6.45, 7) is 2.22. The van der Waals surface area contributed by atoms with Crippen molar-refractivity contribution < 1.29 is 13.6 Å². The molecule has 1 unspecified atom stereocenters. The average Bonchev–Trinajstić information content (AvgIpc) is 2.41. The van der Waals surface area contributed by atoms with Crippen LogP contribution in [0.4, 0.5) is 8.78 Å². The van der Waals surface area contributed by atoms with Gasteiger partial charge in [-0.05, 0) is 6.07 Å². The molecule has 0 aliphatic carbocycles. The molecule has 0 aromatic heterocycles. The van der Waals surface area contributed by atoms with Crippen molar-refractivity contribution in [3.8, 4) is 0 Å². The molecule has 1 atom stereocenters. The summed E-state index contributed by atoms with van der Waals surface area (Å²) in [7, 11) is 1.58. The van der Waals surface area contributed by atoms with Crippen molar-refractivity contribution in [2.75, 3.05) is 26.7 Å². The Bertz CT molecular complexity index is 467. The second-order valence-corrected chi connectivity index (χ2v) is 4.54. The Hall–Kier alpha value is -1.53. The van der Waals surface area contributed by atoms with Gasteiger partial charge < -0.3 is 10.6 Å². The minimum atomic E-state index is -0.593. The number of nitrogens with one attached hydrogen (secondary N) is 2. The lowest BCUT2D eigenvalue weighted by atomic mass is 10.1. The Labute approximate surface area is 110 Å². The van der Waals surface area contributed by atoms with E-state index in [2.05, 4.69) is 10.6 Å². The van der Waals surface area contributed by atoms with Crippen molar-refractivity contribution in [2.45, 2.75) is 12.6 Å². The second-order valence-electron chi connectivity index (χ2n) is 4.54. The van der Waals surface area contributed by atoms with E-state index in [1.807, 2.05) is 4.90 Å². The average molecular weight is 269 g/mol. The molecule has 1 aromatic rings. The Morgan fingerprint density at radius 1 is 1.53 bits per heavy atom. The van der Waals surface area contributed by atoms with Gasteiger partial charge in [0.2, 0.25) is 5.91 Å². The van der Waals surface area contributed by atoms with E-state index in [1.54, 1.807) is 7.05 Å².